The number of rotatable bonds is 8. The lowest BCUT2D eigenvalue weighted by molar-refractivity contribution is -1.08. The number of imide groups is 2. The molecule has 12 nitrogen and oxygen atoms in total. The third-order valence-corrected chi connectivity index (χ3v) is 7.12. The van der Waals surface area contributed by atoms with E-state index in [1.807, 2.05) is 0 Å². The maximum Gasteiger partial charge on any atom is 0.338 e. The van der Waals surface area contributed by atoms with Crippen LogP contribution in [0, 0.1) is 0 Å². The van der Waals surface area contributed by atoms with E-state index in [1.165, 1.54) is 0 Å². The van der Waals surface area contributed by atoms with Gasteiger partial charge in [0.1, 0.15) is 39.3 Å². The van der Waals surface area contributed by atoms with Gasteiger partial charge in [0.2, 0.25) is 0 Å². The van der Waals surface area contributed by atoms with Crippen LogP contribution < -0.4 is 0 Å². The second-order valence-corrected chi connectivity index (χ2v) is 9.06. The number of hydrogen-bond acceptors (Lipinski definition) is 8. The predicted octanol–water partition coefficient (Wildman–Crippen LogP) is -1.36. The van der Waals surface area contributed by atoms with Crippen LogP contribution in [0.4, 0.5) is 0 Å². The van der Waals surface area contributed by atoms with Crippen molar-refractivity contribution in [2.24, 2.45) is 0 Å². The lowest BCUT2D eigenvalue weighted by atomic mass is 10.1. The first kappa shape index (κ1) is 22.3. The second kappa shape index (κ2) is 8.58. The molecule has 2 bridgehead atoms. The predicted molar refractivity (Wildman–Crippen MR) is 103 cm³/mol. The van der Waals surface area contributed by atoms with Gasteiger partial charge in [-0.2, -0.15) is 0 Å². The van der Waals surface area contributed by atoms with Crippen LogP contribution in [-0.4, -0.2) is 107 Å². The molecule has 5 aliphatic rings. The highest BCUT2D eigenvalue weighted by atomic mass is 16.7. The van der Waals surface area contributed by atoms with E-state index >= 15 is 0 Å². The Hall–Kier alpha value is -2.86. The Morgan fingerprint density at radius 3 is 1.16 bits per heavy atom. The van der Waals surface area contributed by atoms with Gasteiger partial charge < -0.3 is 18.6 Å². The normalized spacial score (nSPS) is 29.8. The summed E-state index contributed by atoms with van der Waals surface area (Å²) >= 11 is 0. The van der Waals surface area contributed by atoms with Crippen molar-refractivity contribution in [2.45, 2.75) is 38.5 Å². The van der Waals surface area contributed by atoms with Crippen LogP contribution in [0.25, 0.3) is 0 Å². The average Bonchev–Trinajstić information content (AvgIpc) is 3.28. The minimum absolute atomic E-state index is 0.0737. The Morgan fingerprint density at radius 2 is 0.875 bits per heavy atom. The molecule has 5 fully saturated rings. The summed E-state index contributed by atoms with van der Waals surface area (Å²) in [6.07, 6.45) is 0.547. The highest BCUT2D eigenvalue weighted by Gasteiger charge is 2.49. The number of piperazine rings is 3. The van der Waals surface area contributed by atoms with E-state index in [-0.39, 0.29) is 38.5 Å². The van der Waals surface area contributed by atoms with Crippen molar-refractivity contribution >= 4 is 35.6 Å². The van der Waals surface area contributed by atoms with E-state index in [0.29, 0.717) is 23.2 Å². The number of hydrogen-bond donors (Lipinski definition) is 0. The van der Waals surface area contributed by atoms with Crippen molar-refractivity contribution in [2.75, 3.05) is 52.4 Å². The summed E-state index contributed by atoms with van der Waals surface area (Å²) in [5.41, 5.74) is 0. The van der Waals surface area contributed by atoms with Crippen LogP contribution in [0.1, 0.15) is 38.5 Å². The fraction of sp³-hybridized carbons (Fsp3) is 0.700. The van der Waals surface area contributed by atoms with E-state index in [2.05, 4.69) is 0 Å². The molecular formula is C20H28N4O8+2. The fourth-order valence-electron chi connectivity index (χ4n) is 4.88. The van der Waals surface area contributed by atoms with Crippen molar-refractivity contribution in [3.05, 3.63) is 0 Å². The molecule has 12 heteroatoms. The summed E-state index contributed by atoms with van der Waals surface area (Å²) < 4.78 is 1.55. The fourth-order valence-corrected chi connectivity index (χ4v) is 4.88. The lowest BCUT2D eigenvalue weighted by Crippen LogP contribution is -2.75. The van der Waals surface area contributed by atoms with Gasteiger partial charge in [-0.25, -0.2) is 9.59 Å². The average molecular weight is 452 g/mol. The molecule has 0 spiro atoms. The number of carbonyl (C=O) groups excluding carboxylic acids is 6. The molecular weight excluding hydrogens is 424 g/mol. The van der Waals surface area contributed by atoms with Gasteiger partial charge in [0.15, 0.2) is 0 Å². The van der Waals surface area contributed by atoms with Crippen LogP contribution in [0.2, 0.25) is 0 Å². The van der Waals surface area contributed by atoms with Crippen molar-refractivity contribution in [1.29, 1.82) is 0 Å². The highest BCUT2D eigenvalue weighted by molar-refractivity contribution is 6.02. The van der Waals surface area contributed by atoms with Gasteiger partial charge in [0.25, 0.3) is 23.6 Å². The first-order valence-electron chi connectivity index (χ1n) is 11.0. The van der Waals surface area contributed by atoms with E-state index < -0.39 is 35.6 Å². The molecule has 4 amide bonds. The summed E-state index contributed by atoms with van der Waals surface area (Å²) in [4.78, 5) is 80.5. The SMILES string of the molecule is O=C(CC[N+]12CC[N+](CCC(=O)ON3C(=O)CCC3=O)(CC1)CC2)ON1C(=O)CCC1=O. The standard InChI is InChI=1S/C20H28N4O8/c25-15-1-2-16(26)21(15)31-19(29)5-7-23-9-12-24(13-10-23,14-11-23)8-6-20(30)32-22-17(27)3-4-18(22)28/h1-14H2/q+2. The Balaban J connectivity index is 1.21. The van der Waals surface area contributed by atoms with E-state index in [0.717, 1.165) is 48.2 Å². The minimum Gasteiger partial charge on any atom is -0.330 e. The number of fused-ring (bicyclic) bond motifs is 3. The smallest absolute Gasteiger partial charge is 0.330 e. The van der Waals surface area contributed by atoms with E-state index in [9.17, 15) is 28.8 Å². The largest absolute Gasteiger partial charge is 0.338 e. The first-order chi connectivity index (χ1) is 15.2. The molecule has 5 aliphatic heterocycles. The molecule has 0 unspecified atom stereocenters. The Bertz CT molecular complexity index is 745. The lowest BCUT2D eigenvalue weighted by Gasteiger charge is -2.55. The van der Waals surface area contributed by atoms with Crippen molar-refractivity contribution < 1.29 is 47.4 Å². The maximum atomic E-state index is 12.1. The number of hydroxylamine groups is 4. The highest BCUT2D eigenvalue weighted by Crippen LogP contribution is 2.28. The number of quaternary nitrogens is 2. The minimum atomic E-state index is -0.577. The molecule has 32 heavy (non-hydrogen) atoms. The van der Waals surface area contributed by atoms with Gasteiger partial charge in [-0.15, -0.1) is 10.1 Å². The molecule has 5 rings (SSSR count). The zero-order valence-electron chi connectivity index (χ0n) is 18.0. The molecule has 0 aliphatic carbocycles. The van der Waals surface area contributed by atoms with Crippen LogP contribution in [0.15, 0.2) is 0 Å². The summed E-state index contributed by atoms with van der Waals surface area (Å²) in [6, 6.07) is 0. The molecule has 0 aromatic carbocycles. The first-order valence-corrected chi connectivity index (χ1v) is 11.0. The zero-order valence-corrected chi connectivity index (χ0v) is 18.0. The topological polar surface area (TPSA) is 127 Å². The molecule has 0 aromatic rings. The number of carbonyl (C=O) groups is 6. The summed E-state index contributed by atoms with van der Waals surface area (Å²) in [6.45, 7) is 6.28. The molecule has 0 N–H and O–H groups in total. The second-order valence-electron chi connectivity index (χ2n) is 9.06. The van der Waals surface area contributed by atoms with Crippen LogP contribution in [0.3, 0.4) is 0 Å². The van der Waals surface area contributed by atoms with Gasteiger partial charge in [0, 0.05) is 25.7 Å². The molecule has 5 heterocycles. The Morgan fingerprint density at radius 1 is 0.594 bits per heavy atom. The van der Waals surface area contributed by atoms with Crippen molar-refractivity contribution in [1.82, 2.24) is 10.1 Å². The summed E-state index contributed by atoms with van der Waals surface area (Å²) in [7, 11) is 0. The summed E-state index contributed by atoms with van der Waals surface area (Å²) in [5.74, 6) is -3.08. The van der Waals surface area contributed by atoms with Crippen molar-refractivity contribution in [3.63, 3.8) is 0 Å². The summed E-state index contributed by atoms with van der Waals surface area (Å²) in [5, 5.41) is 1.16. The van der Waals surface area contributed by atoms with Crippen LogP contribution in [-0.2, 0) is 38.4 Å². The molecule has 174 valence electrons. The van der Waals surface area contributed by atoms with Crippen molar-refractivity contribution in [3.8, 4) is 0 Å². The van der Waals surface area contributed by atoms with Gasteiger partial charge in [-0.3, -0.25) is 19.2 Å². The molecule has 0 atom stereocenters. The third-order valence-electron chi connectivity index (χ3n) is 7.12. The molecule has 0 saturated carbocycles. The zero-order chi connectivity index (χ0) is 22.9. The van der Waals surface area contributed by atoms with Crippen LogP contribution >= 0.6 is 0 Å². The molecule has 5 saturated heterocycles. The monoisotopic (exact) mass is 452 g/mol. The molecule has 0 radical (unpaired) electrons. The van der Waals surface area contributed by atoms with Gasteiger partial charge >= 0.3 is 11.9 Å². The maximum absolute atomic E-state index is 12.1. The number of nitrogens with zero attached hydrogens (tertiary/aromatic N) is 4. The van der Waals surface area contributed by atoms with E-state index in [4.69, 9.17) is 9.68 Å². The van der Waals surface area contributed by atoms with Crippen LogP contribution in [0.5, 0.6) is 0 Å². The molecule has 0 aromatic heterocycles. The Labute approximate surface area is 184 Å². The van der Waals surface area contributed by atoms with Gasteiger partial charge in [-0.05, 0) is 0 Å². The quantitative estimate of drug-likeness (QED) is 0.326. The van der Waals surface area contributed by atoms with Gasteiger partial charge in [-0.1, -0.05) is 0 Å². The Kier molecular flexibility index (Phi) is 5.99. The van der Waals surface area contributed by atoms with E-state index in [1.54, 1.807) is 0 Å². The third kappa shape index (κ3) is 4.51. The number of amides is 4. The van der Waals surface area contributed by atoms with Gasteiger partial charge in [0.05, 0.1) is 25.9 Å².